The predicted molar refractivity (Wildman–Crippen MR) is 78.3 cm³/mol. The van der Waals surface area contributed by atoms with Crippen molar-refractivity contribution in [3.8, 4) is 0 Å². The first-order valence-corrected chi connectivity index (χ1v) is 7.89. The lowest BCUT2D eigenvalue weighted by molar-refractivity contribution is -0.415. The number of hydrogen-bond acceptors (Lipinski definition) is 12. The predicted octanol–water partition coefficient (Wildman–Crippen LogP) is -5.44. The number of ether oxygens (including phenoxy) is 3. The molecule has 2 aliphatic rings. The van der Waals surface area contributed by atoms with Crippen LogP contribution in [-0.2, 0) is 19.0 Å². The lowest BCUT2D eigenvalue weighted by atomic mass is 9.78. The van der Waals surface area contributed by atoms with Crippen LogP contribution in [0.3, 0.4) is 0 Å². The van der Waals surface area contributed by atoms with Gasteiger partial charge in [0.1, 0.15) is 49.3 Å². The zero-order valence-electron chi connectivity index (χ0n) is 13.9. The van der Waals surface area contributed by atoms with Gasteiger partial charge < -0.3 is 55.1 Å². The first-order chi connectivity index (χ1) is 12.1. The molecule has 8 N–H and O–H groups in total. The van der Waals surface area contributed by atoms with Crippen LogP contribution in [0.5, 0.6) is 0 Å². The third kappa shape index (κ3) is 3.11. The molecule has 12 nitrogen and oxygen atoms in total. The minimum Gasteiger partial charge on any atom is -0.463 e. The van der Waals surface area contributed by atoms with Gasteiger partial charge in [-0.3, -0.25) is 4.79 Å². The van der Waals surface area contributed by atoms with Crippen LogP contribution in [0.1, 0.15) is 6.92 Å². The second kappa shape index (κ2) is 7.59. The van der Waals surface area contributed by atoms with Crippen molar-refractivity contribution in [2.45, 2.75) is 61.0 Å². The van der Waals surface area contributed by atoms with Crippen LogP contribution in [-0.4, -0.2) is 121 Å². The lowest BCUT2D eigenvalue weighted by Gasteiger charge is -2.53. The number of esters is 1. The van der Waals surface area contributed by atoms with E-state index >= 15 is 0 Å². The fraction of sp³-hybridized carbons (Fsp3) is 0.929. The zero-order valence-corrected chi connectivity index (χ0v) is 13.9. The van der Waals surface area contributed by atoms with E-state index in [-0.39, 0.29) is 0 Å². The van der Waals surface area contributed by atoms with E-state index < -0.39 is 79.9 Å². The topological polar surface area (TPSA) is 207 Å². The number of hydrogen-bond donors (Lipinski definition) is 8. The maximum absolute atomic E-state index is 11.0. The van der Waals surface area contributed by atoms with Gasteiger partial charge in [0.2, 0.25) is 5.79 Å². The molecule has 2 aliphatic heterocycles. The molecule has 0 unspecified atom stereocenters. The van der Waals surface area contributed by atoms with Crippen LogP contribution >= 0.6 is 0 Å². The van der Waals surface area contributed by atoms with Crippen LogP contribution in [0.15, 0.2) is 0 Å². The van der Waals surface area contributed by atoms with Crippen molar-refractivity contribution in [1.82, 2.24) is 0 Å². The quantitative estimate of drug-likeness (QED) is 0.209. The molecule has 0 aromatic rings. The molecule has 0 bridgehead atoms. The van der Waals surface area contributed by atoms with E-state index in [1.165, 1.54) is 0 Å². The van der Waals surface area contributed by atoms with E-state index in [1.807, 2.05) is 0 Å². The Morgan fingerprint density at radius 3 is 2.04 bits per heavy atom. The fourth-order valence-corrected chi connectivity index (χ4v) is 3.26. The molecule has 12 heteroatoms. The Morgan fingerprint density at radius 1 is 0.962 bits per heavy atom. The smallest absolute Gasteiger partial charge is 0.302 e. The highest BCUT2D eigenvalue weighted by Gasteiger charge is 2.71. The molecule has 0 amide bonds. The number of carbonyl (C=O) groups is 1. The van der Waals surface area contributed by atoms with Gasteiger partial charge in [0, 0.05) is 6.92 Å². The first-order valence-electron chi connectivity index (χ1n) is 7.89. The minimum atomic E-state index is -3.03. The second-order valence-electron chi connectivity index (χ2n) is 6.40. The summed E-state index contributed by atoms with van der Waals surface area (Å²) in [5, 5.41) is 80.3. The maximum Gasteiger partial charge on any atom is 0.302 e. The van der Waals surface area contributed by atoms with Gasteiger partial charge in [0.25, 0.3) is 0 Å². The zero-order chi connectivity index (χ0) is 19.9. The van der Waals surface area contributed by atoms with Crippen LogP contribution in [0, 0.1) is 0 Å². The van der Waals surface area contributed by atoms with E-state index in [9.17, 15) is 45.6 Å². The van der Waals surface area contributed by atoms with Gasteiger partial charge in [-0.25, -0.2) is 0 Å². The SMILES string of the molecule is CC(=O)OC[C@H]1O[C@@](O)([C@]2(CO)O[C@H](CO)[C@@H](O)[C@@H]2O)[C@H](O)[C@@H](O)[C@@H]1O. The van der Waals surface area contributed by atoms with E-state index in [0.717, 1.165) is 6.92 Å². The maximum atomic E-state index is 11.0. The Bertz CT molecular complexity index is 516. The molecule has 0 aromatic heterocycles. The summed E-state index contributed by atoms with van der Waals surface area (Å²) in [6.45, 7) is -1.56. The Hall–Kier alpha value is -0.930. The molecular weight excluding hydrogens is 360 g/mol. The standard InChI is InChI=1S/C14H24O12/c1-5(17)24-3-7-8(18)10(20)12(22)14(23,26-7)13(4-16)11(21)9(19)6(2-15)25-13/h6-12,15-16,18-23H,2-4H2,1H3/t6-,7-,8-,9-,10+,11+,12-,13-,14-/m1/s1. The van der Waals surface area contributed by atoms with E-state index in [4.69, 9.17) is 9.47 Å². The Labute approximate surface area is 147 Å². The highest BCUT2D eigenvalue weighted by atomic mass is 16.7. The monoisotopic (exact) mass is 384 g/mol. The molecule has 0 radical (unpaired) electrons. The number of rotatable bonds is 5. The highest BCUT2D eigenvalue weighted by Crippen LogP contribution is 2.45. The second-order valence-corrected chi connectivity index (χ2v) is 6.40. The molecule has 0 spiro atoms. The van der Waals surface area contributed by atoms with Crippen molar-refractivity contribution >= 4 is 5.97 Å². The Balaban J connectivity index is 2.41. The van der Waals surface area contributed by atoms with Crippen LogP contribution in [0.25, 0.3) is 0 Å². The largest absolute Gasteiger partial charge is 0.463 e. The molecule has 2 fully saturated rings. The van der Waals surface area contributed by atoms with Crippen molar-refractivity contribution in [2.24, 2.45) is 0 Å². The third-order valence-corrected chi connectivity index (χ3v) is 4.80. The number of carbonyl (C=O) groups excluding carboxylic acids is 1. The summed E-state index contributed by atoms with van der Waals surface area (Å²) in [5.41, 5.74) is -2.57. The van der Waals surface area contributed by atoms with Crippen molar-refractivity contribution in [3.05, 3.63) is 0 Å². The van der Waals surface area contributed by atoms with Gasteiger partial charge >= 0.3 is 5.97 Å². The average Bonchev–Trinajstić information content (AvgIpc) is 2.87. The van der Waals surface area contributed by atoms with E-state index in [1.54, 1.807) is 0 Å². The summed E-state index contributed by atoms with van der Waals surface area (Å²) in [4.78, 5) is 11.0. The van der Waals surface area contributed by atoms with Gasteiger partial charge in [-0.1, -0.05) is 0 Å². The summed E-state index contributed by atoms with van der Waals surface area (Å²) in [5.74, 6) is -3.79. The minimum absolute atomic E-state index is 0.633. The molecule has 2 heterocycles. The van der Waals surface area contributed by atoms with E-state index in [2.05, 4.69) is 4.74 Å². The normalized spacial score (nSPS) is 49.2. The van der Waals surface area contributed by atoms with Crippen LogP contribution in [0.4, 0.5) is 0 Å². The fourth-order valence-electron chi connectivity index (χ4n) is 3.26. The molecular formula is C14H24O12. The Morgan fingerprint density at radius 2 is 1.58 bits per heavy atom. The molecule has 26 heavy (non-hydrogen) atoms. The van der Waals surface area contributed by atoms with E-state index in [0.29, 0.717) is 0 Å². The van der Waals surface area contributed by atoms with Gasteiger partial charge in [-0.05, 0) is 0 Å². The number of aliphatic hydroxyl groups is 8. The average molecular weight is 384 g/mol. The summed E-state index contributed by atoms with van der Waals surface area (Å²) in [6, 6.07) is 0. The van der Waals surface area contributed by atoms with Gasteiger partial charge in [-0.2, -0.15) is 0 Å². The molecule has 0 aromatic carbocycles. The van der Waals surface area contributed by atoms with Crippen molar-refractivity contribution < 1.29 is 59.9 Å². The molecule has 9 atom stereocenters. The first kappa shape index (κ1) is 21.4. The van der Waals surface area contributed by atoms with Gasteiger partial charge in [0.15, 0.2) is 5.60 Å². The summed E-state index contributed by atoms with van der Waals surface area (Å²) < 4.78 is 15.1. The lowest BCUT2D eigenvalue weighted by Crippen LogP contribution is -2.77. The van der Waals surface area contributed by atoms with Gasteiger partial charge in [0.05, 0.1) is 13.2 Å². The summed E-state index contributed by atoms with van der Waals surface area (Å²) in [7, 11) is 0. The highest BCUT2D eigenvalue weighted by molar-refractivity contribution is 5.65. The molecule has 2 saturated heterocycles. The Kier molecular flexibility index (Phi) is 6.24. The molecule has 2 rings (SSSR count). The molecule has 0 saturated carbocycles. The van der Waals surface area contributed by atoms with Gasteiger partial charge in [-0.15, -0.1) is 0 Å². The van der Waals surface area contributed by atoms with Crippen molar-refractivity contribution in [2.75, 3.05) is 19.8 Å². The third-order valence-electron chi connectivity index (χ3n) is 4.80. The summed E-state index contributed by atoms with van der Waals surface area (Å²) >= 11 is 0. The van der Waals surface area contributed by atoms with Crippen molar-refractivity contribution in [1.29, 1.82) is 0 Å². The molecule has 0 aliphatic carbocycles. The van der Waals surface area contributed by atoms with Crippen molar-refractivity contribution in [3.63, 3.8) is 0 Å². The summed E-state index contributed by atoms with van der Waals surface area (Å²) in [6.07, 6.45) is -12.9. The molecule has 152 valence electrons. The van der Waals surface area contributed by atoms with Crippen LogP contribution in [0.2, 0.25) is 0 Å². The number of aliphatic hydroxyl groups excluding tert-OH is 7. The van der Waals surface area contributed by atoms with Crippen LogP contribution < -0.4 is 0 Å².